The molecule has 17 heavy (non-hydrogen) atoms. The van der Waals surface area contributed by atoms with Crippen LogP contribution in [0.25, 0.3) is 11.2 Å². The highest BCUT2D eigenvalue weighted by molar-refractivity contribution is 5.81. The fraction of sp³-hybridized carbons (Fsp3) is 0.364. The summed E-state index contributed by atoms with van der Waals surface area (Å²) in [5.41, 5.74) is 7.04. The average Bonchev–Trinajstić information content (AvgIpc) is 2.73. The molecule has 0 amide bonds. The second kappa shape index (κ2) is 4.92. The van der Waals surface area contributed by atoms with Crippen molar-refractivity contribution >= 4 is 17.0 Å². The summed E-state index contributed by atoms with van der Waals surface area (Å²) in [6.45, 7) is 6.94. The molecule has 0 radical (unpaired) electrons. The summed E-state index contributed by atoms with van der Waals surface area (Å²) in [5.74, 6) is 0.389. The molecular weight excluding hydrogens is 218 g/mol. The van der Waals surface area contributed by atoms with Crippen LogP contribution in [0, 0.1) is 0 Å². The van der Waals surface area contributed by atoms with Gasteiger partial charge in [0.15, 0.2) is 11.5 Å². The highest BCUT2D eigenvalue weighted by Gasteiger charge is 2.11. The molecule has 0 unspecified atom stereocenters. The third-order valence-corrected chi connectivity index (χ3v) is 2.45. The smallest absolute Gasteiger partial charge is 0.165 e. The first-order valence-electron chi connectivity index (χ1n) is 5.41. The van der Waals surface area contributed by atoms with Gasteiger partial charge in [-0.1, -0.05) is 6.08 Å². The lowest BCUT2D eigenvalue weighted by molar-refractivity contribution is 0.0849. The summed E-state index contributed by atoms with van der Waals surface area (Å²) in [6.07, 6.45) is 4.82. The van der Waals surface area contributed by atoms with Gasteiger partial charge in [-0.25, -0.2) is 15.0 Å². The van der Waals surface area contributed by atoms with E-state index in [2.05, 4.69) is 21.5 Å². The lowest BCUT2D eigenvalue weighted by atomic mass is 10.3. The van der Waals surface area contributed by atoms with Gasteiger partial charge in [0.2, 0.25) is 0 Å². The van der Waals surface area contributed by atoms with E-state index in [0.29, 0.717) is 30.1 Å². The molecule has 90 valence electrons. The van der Waals surface area contributed by atoms with Crippen LogP contribution in [0.2, 0.25) is 0 Å². The summed E-state index contributed by atoms with van der Waals surface area (Å²) in [4.78, 5) is 12.3. The number of nitrogens with two attached hydrogens (primary N) is 1. The van der Waals surface area contributed by atoms with Gasteiger partial charge >= 0.3 is 0 Å². The molecule has 2 aromatic rings. The molecule has 0 fully saturated rings. The molecule has 6 heteroatoms. The van der Waals surface area contributed by atoms with Gasteiger partial charge in [-0.2, -0.15) is 0 Å². The quantitative estimate of drug-likeness (QED) is 0.779. The number of rotatable bonds is 5. The zero-order chi connectivity index (χ0) is 12.3. The summed E-state index contributed by atoms with van der Waals surface area (Å²) in [5, 5.41) is 0. The standard InChI is InChI=1S/C11H15N5O/c1-3-8(17-4-2)5-16-7-15-9-10(12)13-6-14-11(9)16/h3,6-8H,1,4-5H2,2H3,(H2,12,13,14)/t8-/m1/s1. The van der Waals surface area contributed by atoms with E-state index in [1.165, 1.54) is 6.33 Å². The van der Waals surface area contributed by atoms with E-state index < -0.39 is 0 Å². The van der Waals surface area contributed by atoms with Crippen LogP contribution in [0.3, 0.4) is 0 Å². The summed E-state index contributed by atoms with van der Waals surface area (Å²) in [7, 11) is 0. The first-order valence-corrected chi connectivity index (χ1v) is 5.41. The minimum Gasteiger partial charge on any atom is -0.382 e. The monoisotopic (exact) mass is 233 g/mol. The van der Waals surface area contributed by atoms with Gasteiger partial charge < -0.3 is 15.0 Å². The van der Waals surface area contributed by atoms with Gasteiger partial charge in [0, 0.05) is 6.61 Å². The molecular formula is C11H15N5O. The molecule has 0 aromatic carbocycles. The first kappa shape index (κ1) is 11.5. The largest absolute Gasteiger partial charge is 0.382 e. The molecule has 2 heterocycles. The lowest BCUT2D eigenvalue weighted by Gasteiger charge is -2.13. The van der Waals surface area contributed by atoms with Gasteiger partial charge in [-0.15, -0.1) is 6.58 Å². The van der Waals surface area contributed by atoms with Crippen molar-refractivity contribution in [3.8, 4) is 0 Å². The van der Waals surface area contributed by atoms with E-state index in [1.54, 1.807) is 12.4 Å². The van der Waals surface area contributed by atoms with Crippen molar-refractivity contribution in [3.05, 3.63) is 25.3 Å². The molecule has 0 saturated heterocycles. The number of anilines is 1. The Morgan fingerprint density at radius 2 is 2.35 bits per heavy atom. The molecule has 0 spiro atoms. The molecule has 0 aliphatic heterocycles. The maximum atomic E-state index is 5.71. The fourth-order valence-corrected chi connectivity index (χ4v) is 1.64. The van der Waals surface area contributed by atoms with Crippen LogP contribution in [-0.4, -0.2) is 32.2 Å². The van der Waals surface area contributed by atoms with Crippen LogP contribution in [0.1, 0.15) is 6.92 Å². The van der Waals surface area contributed by atoms with Crippen LogP contribution in [0.5, 0.6) is 0 Å². The maximum Gasteiger partial charge on any atom is 0.165 e. The Morgan fingerprint density at radius 3 is 3.06 bits per heavy atom. The highest BCUT2D eigenvalue weighted by atomic mass is 16.5. The molecule has 1 atom stereocenters. The third-order valence-electron chi connectivity index (χ3n) is 2.45. The Bertz CT molecular complexity index is 522. The molecule has 2 aromatic heterocycles. The van der Waals surface area contributed by atoms with Crippen LogP contribution in [0.4, 0.5) is 5.82 Å². The number of nitrogen functional groups attached to an aromatic ring is 1. The van der Waals surface area contributed by atoms with Crippen molar-refractivity contribution in [3.63, 3.8) is 0 Å². The number of nitrogens with zero attached hydrogens (tertiary/aromatic N) is 4. The van der Waals surface area contributed by atoms with Crippen LogP contribution >= 0.6 is 0 Å². The van der Waals surface area contributed by atoms with Crippen molar-refractivity contribution in [1.82, 2.24) is 19.5 Å². The van der Waals surface area contributed by atoms with Gasteiger partial charge in [0.05, 0.1) is 19.0 Å². The Labute approximate surface area is 99.1 Å². The molecule has 0 aliphatic rings. The molecule has 0 saturated carbocycles. The Hall–Kier alpha value is -1.95. The van der Waals surface area contributed by atoms with Crippen molar-refractivity contribution in [2.24, 2.45) is 0 Å². The number of hydrogen-bond donors (Lipinski definition) is 1. The second-order valence-electron chi connectivity index (χ2n) is 3.56. The molecule has 2 N–H and O–H groups in total. The SMILES string of the molecule is C=C[C@H](Cn1cnc2c(N)ncnc21)OCC. The van der Waals surface area contributed by atoms with Crippen LogP contribution in [0.15, 0.2) is 25.3 Å². The van der Waals surface area contributed by atoms with Gasteiger partial charge in [0.1, 0.15) is 11.8 Å². The number of fused-ring (bicyclic) bond motifs is 1. The minimum atomic E-state index is -0.0615. The van der Waals surface area contributed by atoms with E-state index in [0.717, 1.165) is 0 Å². The number of ether oxygens (including phenoxy) is 1. The number of imidazole rings is 1. The third kappa shape index (κ3) is 2.26. The zero-order valence-electron chi connectivity index (χ0n) is 9.71. The van der Waals surface area contributed by atoms with E-state index in [4.69, 9.17) is 10.5 Å². The van der Waals surface area contributed by atoms with E-state index in [1.807, 2.05) is 11.5 Å². The predicted molar refractivity (Wildman–Crippen MR) is 65.3 cm³/mol. The van der Waals surface area contributed by atoms with Crippen molar-refractivity contribution in [2.75, 3.05) is 12.3 Å². The minimum absolute atomic E-state index is 0.0615. The highest BCUT2D eigenvalue weighted by Crippen LogP contribution is 2.15. The molecule has 0 bridgehead atoms. The molecule has 6 nitrogen and oxygen atoms in total. The van der Waals surface area contributed by atoms with E-state index in [9.17, 15) is 0 Å². The van der Waals surface area contributed by atoms with Gasteiger partial charge in [-0.3, -0.25) is 0 Å². The Morgan fingerprint density at radius 1 is 1.53 bits per heavy atom. The topological polar surface area (TPSA) is 78.9 Å². The summed E-state index contributed by atoms with van der Waals surface area (Å²) < 4.78 is 7.39. The maximum absolute atomic E-state index is 5.71. The van der Waals surface area contributed by atoms with Crippen molar-refractivity contribution < 1.29 is 4.74 Å². The Balaban J connectivity index is 2.30. The van der Waals surface area contributed by atoms with Crippen LogP contribution in [-0.2, 0) is 11.3 Å². The zero-order valence-corrected chi connectivity index (χ0v) is 9.71. The van der Waals surface area contributed by atoms with Crippen molar-refractivity contribution in [1.29, 1.82) is 0 Å². The number of aromatic nitrogens is 4. The molecule has 0 aliphatic carbocycles. The summed E-state index contributed by atoms with van der Waals surface area (Å²) >= 11 is 0. The second-order valence-corrected chi connectivity index (χ2v) is 3.56. The normalized spacial score (nSPS) is 12.8. The predicted octanol–water partition coefficient (Wildman–Crippen LogP) is 1.000. The first-order chi connectivity index (χ1) is 8.26. The number of hydrogen-bond acceptors (Lipinski definition) is 5. The average molecular weight is 233 g/mol. The van der Waals surface area contributed by atoms with Gasteiger partial charge in [-0.05, 0) is 6.92 Å². The van der Waals surface area contributed by atoms with Crippen LogP contribution < -0.4 is 5.73 Å². The fourth-order valence-electron chi connectivity index (χ4n) is 1.64. The van der Waals surface area contributed by atoms with E-state index >= 15 is 0 Å². The van der Waals surface area contributed by atoms with E-state index in [-0.39, 0.29) is 6.10 Å². The lowest BCUT2D eigenvalue weighted by Crippen LogP contribution is -2.17. The molecule has 2 rings (SSSR count). The summed E-state index contributed by atoms with van der Waals surface area (Å²) in [6, 6.07) is 0. The van der Waals surface area contributed by atoms with Crippen molar-refractivity contribution in [2.45, 2.75) is 19.6 Å². The van der Waals surface area contributed by atoms with Gasteiger partial charge in [0.25, 0.3) is 0 Å². The Kier molecular flexibility index (Phi) is 3.34.